The molecule has 0 amide bonds. The minimum absolute atomic E-state index is 0.00757. The average Bonchev–Trinajstić information content (AvgIpc) is 2.94. The van der Waals surface area contributed by atoms with Gasteiger partial charge >= 0.3 is 0 Å². The predicted octanol–water partition coefficient (Wildman–Crippen LogP) is 1.13. The lowest BCUT2D eigenvalue weighted by atomic mass is 10.1. The summed E-state index contributed by atoms with van der Waals surface area (Å²) in [5, 5.41) is 3.59. The predicted molar refractivity (Wildman–Crippen MR) is 76.8 cm³/mol. The molecule has 0 aliphatic rings. The van der Waals surface area contributed by atoms with Crippen molar-refractivity contribution in [1.82, 2.24) is 14.5 Å². The van der Waals surface area contributed by atoms with Gasteiger partial charge in [0, 0.05) is 18.8 Å². The fourth-order valence-corrected chi connectivity index (χ4v) is 2.84. The quantitative estimate of drug-likeness (QED) is 0.796. The number of alkyl halides is 2. The minimum atomic E-state index is -3.84. The Hall–Kier alpha value is -1.84. The Balaban J connectivity index is 2.00. The molecule has 3 N–H and O–H groups in total. The Morgan fingerprint density at radius 1 is 1.27 bits per heavy atom. The first-order valence-corrected chi connectivity index (χ1v) is 7.97. The molecule has 1 heterocycles. The van der Waals surface area contributed by atoms with Crippen LogP contribution in [-0.2, 0) is 16.6 Å². The summed E-state index contributed by atoms with van der Waals surface area (Å²) in [4.78, 5) is -0.173. The second kappa shape index (κ2) is 6.95. The second-order valence-electron chi connectivity index (χ2n) is 4.66. The van der Waals surface area contributed by atoms with Gasteiger partial charge in [-0.05, 0) is 5.56 Å². The van der Waals surface area contributed by atoms with E-state index >= 15 is 0 Å². The number of rotatable bonds is 7. The Morgan fingerprint density at radius 3 is 2.59 bits per heavy atom. The van der Waals surface area contributed by atoms with Gasteiger partial charge in [0.05, 0.1) is 6.20 Å². The van der Waals surface area contributed by atoms with Gasteiger partial charge < -0.3 is 5.73 Å². The third kappa shape index (κ3) is 4.33. The molecule has 9 heteroatoms. The Kier molecular flexibility index (Phi) is 5.22. The lowest BCUT2D eigenvalue weighted by Crippen LogP contribution is -2.31. The van der Waals surface area contributed by atoms with Crippen LogP contribution in [0.25, 0.3) is 0 Å². The molecule has 2 aromatic rings. The van der Waals surface area contributed by atoms with Crippen LogP contribution in [-0.4, -0.2) is 31.2 Å². The largest absolute Gasteiger partial charge is 0.323 e. The van der Waals surface area contributed by atoms with Crippen LogP contribution in [0.1, 0.15) is 11.6 Å². The van der Waals surface area contributed by atoms with E-state index in [0.29, 0.717) is 0 Å². The van der Waals surface area contributed by atoms with E-state index in [1.54, 1.807) is 24.3 Å². The summed E-state index contributed by atoms with van der Waals surface area (Å²) in [5.41, 5.74) is 6.69. The zero-order chi connectivity index (χ0) is 16.2. The third-order valence-electron chi connectivity index (χ3n) is 2.97. The molecule has 1 aromatic heterocycles. The van der Waals surface area contributed by atoms with Gasteiger partial charge in [-0.15, -0.1) is 0 Å². The average molecular weight is 330 g/mol. The van der Waals surface area contributed by atoms with Crippen LogP contribution < -0.4 is 10.5 Å². The number of sulfonamides is 1. The van der Waals surface area contributed by atoms with Crippen molar-refractivity contribution in [3.8, 4) is 0 Å². The molecule has 6 nitrogen and oxygen atoms in total. The summed E-state index contributed by atoms with van der Waals surface area (Å²) < 4.78 is 51.8. The summed E-state index contributed by atoms with van der Waals surface area (Å²) in [6.45, 7) is -0.661. The van der Waals surface area contributed by atoms with Crippen LogP contribution >= 0.6 is 0 Å². The molecule has 120 valence electrons. The van der Waals surface area contributed by atoms with Gasteiger partial charge in [-0.3, -0.25) is 4.68 Å². The summed E-state index contributed by atoms with van der Waals surface area (Å²) >= 11 is 0. The summed E-state index contributed by atoms with van der Waals surface area (Å²) in [6.07, 6.45) is -0.517. The van der Waals surface area contributed by atoms with Crippen molar-refractivity contribution in [3.05, 3.63) is 48.3 Å². The van der Waals surface area contributed by atoms with Crippen molar-refractivity contribution in [2.45, 2.75) is 23.9 Å². The molecular weight excluding hydrogens is 314 g/mol. The molecule has 0 aliphatic heterocycles. The standard InChI is InChI=1S/C13H16F2N4O2S/c14-13(15)9-19-8-11(6-17-19)22(20,21)18-7-12(16)10-4-2-1-3-5-10/h1-6,8,12-13,18H,7,9,16H2. The van der Waals surface area contributed by atoms with Crippen molar-refractivity contribution < 1.29 is 17.2 Å². The normalized spacial score (nSPS) is 13.5. The van der Waals surface area contributed by atoms with Crippen LogP contribution in [0.4, 0.5) is 8.78 Å². The van der Waals surface area contributed by atoms with Crippen molar-refractivity contribution in [2.24, 2.45) is 5.73 Å². The summed E-state index contributed by atoms with van der Waals surface area (Å²) in [7, 11) is -3.84. The van der Waals surface area contributed by atoms with E-state index in [0.717, 1.165) is 22.6 Å². The lowest BCUT2D eigenvalue weighted by molar-refractivity contribution is 0.121. The Labute approximate surface area is 127 Å². The minimum Gasteiger partial charge on any atom is -0.323 e. The Bertz CT molecular complexity index is 704. The number of halogens is 2. The van der Waals surface area contributed by atoms with E-state index in [2.05, 4.69) is 9.82 Å². The number of aromatic nitrogens is 2. The van der Waals surface area contributed by atoms with E-state index in [1.165, 1.54) is 0 Å². The fourth-order valence-electron chi connectivity index (χ4n) is 1.83. The topological polar surface area (TPSA) is 90.0 Å². The maximum absolute atomic E-state index is 12.2. The first-order chi connectivity index (χ1) is 10.4. The van der Waals surface area contributed by atoms with E-state index in [1.807, 2.05) is 6.07 Å². The van der Waals surface area contributed by atoms with Gasteiger partial charge in [0.25, 0.3) is 6.43 Å². The summed E-state index contributed by atoms with van der Waals surface area (Å²) in [6, 6.07) is 8.51. The number of nitrogens with one attached hydrogen (secondary N) is 1. The molecule has 0 radical (unpaired) electrons. The highest BCUT2D eigenvalue weighted by atomic mass is 32.2. The van der Waals surface area contributed by atoms with Crippen molar-refractivity contribution in [2.75, 3.05) is 6.54 Å². The highest BCUT2D eigenvalue weighted by Crippen LogP contribution is 2.12. The SMILES string of the molecule is NC(CNS(=O)(=O)c1cnn(CC(F)F)c1)c1ccccc1. The molecule has 0 fully saturated rings. The molecule has 0 saturated carbocycles. The fraction of sp³-hybridized carbons (Fsp3) is 0.308. The molecule has 0 spiro atoms. The zero-order valence-electron chi connectivity index (χ0n) is 11.6. The van der Waals surface area contributed by atoms with Crippen LogP contribution in [0.15, 0.2) is 47.6 Å². The van der Waals surface area contributed by atoms with Crippen LogP contribution in [0.3, 0.4) is 0 Å². The number of nitrogens with two attached hydrogens (primary N) is 1. The monoisotopic (exact) mass is 330 g/mol. The van der Waals surface area contributed by atoms with Crippen molar-refractivity contribution in [3.63, 3.8) is 0 Å². The molecule has 1 unspecified atom stereocenters. The maximum Gasteiger partial charge on any atom is 0.257 e. The van der Waals surface area contributed by atoms with E-state index in [4.69, 9.17) is 5.73 Å². The van der Waals surface area contributed by atoms with E-state index < -0.39 is 29.0 Å². The Morgan fingerprint density at radius 2 is 1.95 bits per heavy atom. The first-order valence-electron chi connectivity index (χ1n) is 6.49. The van der Waals surface area contributed by atoms with Crippen LogP contribution in [0, 0.1) is 0 Å². The number of nitrogens with zero attached hydrogens (tertiary/aromatic N) is 2. The molecule has 0 aliphatic carbocycles. The number of hydrogen-bond acceptors (Lipinski definition) is 4. The second-order valence-corrected chi connectivity index (χ2v) is 6.43. The van der Waals surface area contributed by atoms with Crippen LogP contribution in [0.2, 0.25) is 0 Å². The molecule has 1 aromatic carbocycles. The molecule has 1 atom stereocenters. The van der Waals surface area contributed by atoms with E-state index in [-0.39, 0.29) is 11.4 Å². The lowest BCUT2D eigenvalue weighted by Gasteiger charge is -2.12. The molecular formula is C13H16F2N4O2S. The van der Waals surface area contributed by atoms with E-state index in [9.17, 15) is 17.2 Å². The molecule has 22 heavy (non-hydrogen) atoms. The van der Waals surface area contributed by atoms with Gasteiger partial charge in [0.15, 0.2) is 0 Å². The van der Waals surface area contributed by atoms with Gasteiger partial charge in [0.2, 0.25) is 10.0 Å². The zero-order valence-corrected chi connectivity index (χ0v) is 12.4. The van der Waals surface area contributed by atoms with Gasteiger partial charge in [0.1, 0.15) is 11.4 Å². The smallest absolute Gasteiger partial charge is 0.257 e. The van der Waals surface area contributed by atoms with Gasteiger partial charge in [-0.1, -0.05) is 30.3 Å². The number of benzene rings is 1. The third-order valence-corrected chi connectivity index (χ3v) is 4.34. The summed E-state index contributed by atoms with van der Waals surface area (Å²) in [5.74, 6) is 0. The van der Waals surface area contributed by atoms with Crippen molar-refractivity contribution in [1.29, 1.82) is 0 Å². The molecule has 2 rings (SSSR count). The highest BCUT2D eigenvalue weighted by molar-refractivity contribution is 7.89. The molecule has 0 bridgehead atoms. The molecule has 0 saturated heterocycles. The highest BCUT2D eigenvalue weighted by Gasteiger charge is 2.18. The first kappa shape index (κ1) is 16.5. The van der Waals surface area contributed by atoms with Gasteiger partial charge in [-0.2, -0.15) is 5.10 Å². The number of hydrogen-bond donors (Lipinski definition) is 2. The van der Waals surface area contributed by atoms with Crippen molar-refractivity contribution >= 4 is 10.0 Å². The maximum atomic E-state index is 12.2. The van der Waals surface area contributed by atoms with Gasteiger partial charge in [-0.25, -0.2) is 21.9 Å². The van der Waals surface area contributed by atoms with Crippen LogP contribution in [0.5, 0.6) is 0 Å².